The lowest BCUT2D eigenvalue weighted by Crippen LogP contribution is -2.21. The smallest absolute Gasteiger partial charge is 0.390 e. The Morgan fingerprint density at radius 2 is 2.12 bits per heavy atom. The lowest BCUT2D eigenvalue weighted by molar-refractivity contribution is -0.276. The molecule has 0 aromatic carbocycles. The van der Waals surface area contributed by atoms with Crippen LogP contribution in [0.5, 0.6) is 5.88 Å². The number of alkyl halides is 4. The van der Waals surface area contributed by atoms with E-state index < -0.39 is 17.7 Å². The molecule has 0 unspecified atom stereocenters. The Hall–Kier alpha value is -1.50. The summed E-state index contributed by atoms with van der Waals surface area (Å²) in [6.45, 7) is 0. The molecule has 16 heavy (non-hydrogen) atoms. The highest BCUT2D eigenvalue weighted by Gasteiger charge is 2.32. The van der Waals surface area contributed by atoms with Crippen LogP contribution in [0.4, 0.5) is 13.2 Å². The average molecular weight is 256 g/mol. The summed E-state index contributed by atoms with van der Waals surface area (Å²) in [6.07, 6.45) is -4.74. The quantitative estimate of drug-likeness (QED) is 0.662. The first kappa shape index (κ1) is 12.6. The molecule has 1 aromatic rings. The number of ether oxygens (including phenoxy) is 1. The minimum atomic E-state index is -4.94. The fraction of sp³-hybridized carbons (Fsp3) is 0.250. The number of hydrogen-bond acceptors (Lipinski definition) is 3. The van der Waals surface area contributed by atoms with Crippen LogP contribution in [0.3, 0.4) is 0 Å². The van der Waals surface area contributed by atoms with Crippen LogP contribution >= 0.6 is 11.6 Å². The normalized spacial score (nSPS) is 11.2. The molecule has 0 fully saturated rings. The number of H-pyrrole nitrogens is 1. The second kappa shape index (κ2) is 4.56. The number of nitrogens with one attached hydrogen (secondary N) is 1. The number of pyridine rings is 1. The molecule has 0 aliphatic rings. The molecule has 0 spiro atoms. The van der Waals surface area contributed by atoms with Crippen LogP contribution in [-0.4, -0.2) is 17.6 Å². The molecule has 0 bridgehead atoms. The topological polar surface area (TPSA) is 59.2 Å². The van der Waals surface area contributed by atoms with Crippen LogP contribution in [0.1, 0.15) is 16.1 Å². The van der Waals surface area contributed by atoms with Gasteiger partial charge in [0.15, 0.2) is 11.7 Å². The Bertz CT molecular complexity index is 455. The summed E-state index contributed by atoms with van der Waals surface area (Å²) in [7, 11) is 0. The van der Waals surface area contributed by atoms with Crippen LogP contribution < -0.4 is 10.2 Å². The zero-order valence-electron chi connectivity index (χ0n) is 7.60. The van der Waals surface area contributed by atoms with Gasteiger partial charge in [0, 0.05) is 11.6 Å². The van der Waals surface area contributed by atoms with E-state index in [0.717, 1.165) is 0 Å². The van der Waals surface area contributed by atoms with Gasteiger partial charge in [0.25, 0.3) is 0 Å². The van der Waals surface area contributed by atoms with Crippen molar-refractivity contribution in [3.05, 3.63) is 27.5 Å². The maximum atomic E-state index is 11.8. The van der Waals surface area contributed by atoms with Gasteiger partial charge in [-0.3, -0.25) is 9.59 Å². The zero-order valence-corrected chi connectivity index (χ0v) is 8.35. The highest BCUT2D eigenvalue weighted by molar-refractivity contribution is 6.17. The minimum absolute atomic E-state index is 0.105. The molecule has 8 heteroatoms. The molecule has 0 atom stereocenters. The van der Waals surface area contributed by atoms with Crippen molar-refractivity contribution >= 4 is 17.9 Å². The van der Waals surface area contributed by atoms with Gasteiger partial charge in [-0.15, -0.1) is 24.8 Å². The van der Waals surface area contributed by atoms with E-state index in [0.29, 0.717) is 6.07 Å². The lowest BCUT2D eigenvalue weighted by atomic mass is 10.2. The van der Waals surface area contributed by atoms with E-state index in [1.807, 2.05) is 4.98 Å². The van der Waals surface area contributed by atoms with Crippen LogP contribution in [0.2, 0.25) is 0 Å². The summed E-state index contributed by atoms with van der Waals surface area (Å²) in [6, 6.07) is 0.582. The van der Waals surface area contributed by atoms with Crippen molar-refractivity contribution in [2.75, 3.05) is 0 Å². The van der Waals surface area contributed by atoms with Crippen molar-refractivity contribution in [3.63, 3.8) is 0 Å². The number of carbonyl (C=O) groups excluding carboxylic acids is 1. The van der Waals surface area contributed by atoms with Gasteiger partial charge in [0.1, 0.15) is 0 Å². The Balaban J connectivity index is 3.21. The predicted octanol–water partition coefficient (Wildman–Crippen LogP) is 1.82. The van der Waals surface area contributed by atoms with Crippen molar-refractivity contribution in [2.24, 2.45) is 0 Å². The van der Waals surface area contributed by atoms with Crippen LogP contribution in [0, 0.1) is 0 Å². The average Bonchev–Trinajstić information content (AvgIpc) is 2.14. The molecule has 1 heterocycles. The van der Waals surface area contributed by atoms with Crippen LogP contribution in [0.15, 0.2) is 10.9 Å². The molecule has 0 aliphatic carbocycles. The number of hydrogen-bond donors (Lipinski definition) is 1. The Morgan fingerprint density at radius 3 is 2.56 bits per heavy atom. The SMILES string of the molecule is O=Cc1[nH]c(OC(F)(F)F)cc(=O)c1CCl. The van der Waals surface area contributed by atoms with Crippen molar-refractivity contribution in [3.8, 4) is 5.88 Å². The molecular formula is C8H5ClF3NO3. The van der Waals surface area contributed by atoms with Crippen molar-refractivity contribution in [1.82, 2.24) is 4.98 Å². The molecular weight excluding hydrogens is 251 g/mol. The van der Waals surface area contributed by atoms with E-state index in [4.69, 9.17) is 11.6 Å². The first-order valence-electron chi connectivity index (χ1n) is 3.90. The molecule has 88 valence electrons. The van der Waals surface area contributed by atoms with Gasteiger partial charge in [0.05, 0.1) is 11.6 Å². The zero-order chi connectivity index (χ0) is 12.3. The maximum absolute atomic E-state index is 11.8. The number of carbonyl (C=O) groups is 1. The summed E-state index contributed by atoms with van der Waals surface area (Å²) < 4.78 is 39.0. The second-order valence-electron chi connectivity index (χ2n) is 2.69. The predicted molar refractivity (Wildman–Crippen MR) is 48.7 cm³/mol. The second-order valence-corrected chi connectivity index (χ2v) is 2.96. The lowest BCUT2D eigenvalue weighted by Gasteiger charge is -2.09. The molecule has 0 saturated heterocycles. The first-order chi connectivity index (χ1) is 7.37. The summed E-state index contributed by atoms with van der Waals surface area (Å²) >= 11 is 5.36. The third kappa shape index (κ3) is 2.99. The Morgan fingerprint density at radius 1 is 1.50 bits per heavy atom. The number of aromatic amines is 1. The van der Waals surface area contributed by atoms with Crippen molar-refractivity contribution in [2.45, 2.75) is 12.2 Å². The van der Waals surface area contributed by atoms with Crippen molar-refractivity contribution < 1.29 is 22.7 Å². The van der Waals surface area contributed by atoms with Gasteiger partial charge in [0.2, 0.25) is 5.88 Å². The summed E-state index contributed by atoms with van der Waals surface area (Å²) in [5.41, 5.74) is -1.23. The largest absolute Gasteiger partial charge is 0.574 e. The fourth-order valence-corrected chi connectivity index (χ4v) is 1.28. The molecule has 4 nitrogen and oxygen atoms in total. The van der Waals surface area contributed by atoms with E-state index in [9.17, 15) is 22.8 Å². The molecule has 0 aliphatic heterocycles. The molecule has 1 rings (SSSR count). The number of aromatic nitrogens is 1. The third-order valence-electron chi connectivity index (χ3n) is 1.62. The van der Waals surface area contributed by atoms with Gasteiger partial charge in [-0.05, 0) is 0 Å². The molecule has 1 N–H and O–H groups in total. The summed E-state index contributed by atoms with van der Waals surface area (Å²) in [5.74, 6) is -1.14. The van der Waals surface area contributed by atoms with Crippen molar-refractivity contribution in [1.29, 1.82) is 0 Å². The minimum Gasteiger partial charge on any atom is -0.390 e. The maximum Gasteiger partial charge on any atom is 0.574 e. The van der Waals surface area contributed by atoms with Gasteiger partial charge in [-0.25, -0.2) is 0 Å². The number of halogens is 4. The molecule has 1 aromatic heterocycles. The van der Waals surface area contributed by atoms with Gasteiger partial charge in [-0.1, -0.05) is 0 Å². The molecule has 0 amide bonds. The van der Waals surface area contributed by atoms with E-state index in [-0.39, 0.29) is 23.4 Å². The summed E-state index contributed by atoms with van der Waals surface area (Å²) in [5, 5.41) is 0. The van der Waals surface area contributed by atoms with E-state index in [2.05, 4.69) is 4.74 Å². The first-order valence-corrected chi connectivity index (χ1v) is 4.44. The van der Waals surface area contributed by atoms with Gasteiger partial charge < -0.3 is 9.72 Å². The van der Waals surface area contributed by atoms with Gasteiger partial charge in [-0.2, -0.15) is 0 Å². The Kier molecular flexibility index (Phi) is 3.58. The molecule has 0 saturated carbocycles. The molecule has 0 radical (unpaired) electrons. The van der Waals surface area contributed by atoms with E-state index in [1.165, 1.54) is 0 Å². The van der Waals surface area contributed by atoms with Gasteiger partial charge >= 0.3 is 6.36 Å². The number of aldehydes is 1. The highest BCUT2D eigenvalue weighted by Crippen LogP contribution is 2.20. The number of rotatable bonds is 3. The Labute approximate surface area is 92.0 Å². The van der Waals surface area contributed by atoms with E-state index >= 15 is 0 Å². The van der Waals surface area contributed by atoms with Crippen LogP contribution in [0.25, 0.3) is 0 Å². The third-order valence-corrected chi connectivity index (χ3v) is 1.89. The van der Waals surface area contributed by atoms with E-state index in [1.54, 1.807) is 0 Å². The monoisotopic (exact) mass is 255 g/mol. The highest BCUT2D eigenvalue weighted by atomic mass is 35.5. The standard InChI is InChI=1S/C8H5ClF3NO3/c9-2-4-5(3-14)13-7(1-6(4)15)16-8(10,11)12/h1,3H,2H2,(H,13,15). The van der Waals surface area contributed by atoms with Crippen LogP contribution in [-0.2, 0) is 5.88 Å². The summed E-state index contributed by atoms with van der Waals surface area (Å²) in [4.78, 5) is 23.7. The fourth-order valence-electron chi connectivity index (χ4n) is 1.00.